The molecule has 0 radical (unpaired) electrons. The van der Waals surface area contributed by atoms with Crippen LogP contribution in [-0.2, 0) is 9.84 Å². The van der Waals surface area contributed by atoms with Gasteiger partial charge in [0.2, 0.25) is 0 Å². The number of hydrogen-bond donors (Lipinski definition) is 2. The van der Waals surface area contributed by atoms with Crippen LogP contribution < -0.4 is 5.32 Å². The monoisotopic (exact) mass is 381 g/mol. The van der Waals surface area contributed by atoms with Crippen molar-refractivity contribution in [3.8, 4) is 0 Å². The zero-order valence-electron chi connectivity index (χ0n) is 14.0. The molecule has 134 valence electrons. The molecule has 25 heavy (non-hydrogen) atoms. The van der Waals surface area contributed by atoms with Gasteiger partial charge in [-0.2, -0.15) is 5.11 Å². The molecule has 0 spiro atoms. The summed E-state index contributed by atoms with van der Waals surface area (Å²) in [5, 5.41) is 20.4. The number of halogens is 1. The van der Waals surface area contributed by atoms with Gasteiger partial charge in [0.1, 0.15) is 5.69 Å². The first kappa shape index (κ1) is 19.5. The summed E-state index contributed by atoms with van der Waals surface area (Å²) in [6.07, 6.45) is 1.12. The van der Waals surface area contributed by atoms with E-state index in [0.717, 1.165) is 11.8 Å². The Kier molecular flexibility index (Phi) is 6.66. The standard InChI is InChI=1S/C17H20ClN3O3S/c1-12(19-9-10-22)13-3-5-14(6-4-13)20-21-17-8-7-15(11-16(17)18)25(2,23)24/h3-8,11-12,19,22H,9-10H2,1-2H3. The average Bonchev–Trinajstić information content (AvgIpc) is 2.58. The number of hydrogen-bond acceptors (Lipinski definition) is 6. The van der Waals surface area contributed by atoms with Gasteiger partial charge >= 0.3 is 0 Å². The summed E-state index contributed by atoms with van der Waals surface area (Å²) in [7, 11) is -3.31. The number of azo groups is 1. The first-order valence-electron chi connectivity index (χ1n) is 7.67. The topological polar surface area (TPSA) is 91.1 Å². The van der Waals surface area contributed by atoms with Crippen molar-refractivity contribution < 1.29 is 13.5 Å². The molecule has 0 bridgehead atoms. The molecule has 2 aromatic carbocycles. The number of aliphatic hydroxyl groups excluding tert-OH is 1. The first-order valence-corrected chi connectivity index (χ1v) is 9.94. The third-order valence-corrected chi connectivity index (χ3v) is 4.99. The van der Waals surface area contributed by atoms with Crippen LogP contribution in [0.4, 0.5) is 11.4 Å². The Labute approximate surface area is 152 Å². The highest BCUT2D eigenvalue weighted by Gasteiger charge is 2.10. The number of sulfone groups is 1. The van der Waals surface area contributed by atoms with Gasteiger partial charge in [0.25, 0.3) is 0 Å². The van der Waals surface area contributed by atoms with Crippen LogP contribution in [-0.4, -0.2) is 32.9 Å². The van der Waals surface area contributed by atoms with E-state index in [1.165, 1.54) is 18.2 Å². The van der Waals surface area contributed by atoms with Crippen LogP contribution >= 0.6 is 11.6 Å². The smallest absolute Gasteiger partial charge is 0.175 e. The van der Waals surface area contributed by atoms with E-state index in [9.17, 15) is 8.42 Å². The van der Waals surface area contributed by atoms with Crippen molar-refractivity contribution in [1.29, 1.82) is 0 Å². The fourth-order valence-corrected chi connectivity index (χ4v) is 3.07. The molecule has 6 nitrogen and oxygen atoms in total. The number of benzene rings is 2. The third kappa shape index (κ3) is 5.61. The SMILES string of the molecule is CC(NCCO)c1ccc(N=Nc2ccc(S(C)(=O)=O)cc2Cl)cc1. The van der Waals surface area contributed by atoms with Crippen molar-refractivity contribution in [3.05, 3.63) is 53.1 Å². The zero-order chi connectivity index (χ0) is 18.4. The summed E-state index contributed by atoms with van der Waals surface area (Å²) in [4.78, 5) is 0.144. The molecule has 8 heteroatoms. The highest BCUT2D eigenvalue weighted by molar-refractivity contribution is 7.90. The summed E-state index contributed by atoms with van der Waals surface area (Å²) in [5.41, 5.74) is 2.13. The van der Waals surface area contributed by atoms with Crippen molar-refractivity contribution in [1.82, 2.24) is 5.32 Å². The molecule has 1 unspecified atom stereocenters. The Morgan fingerprint density at radius 1 is 1.16 bits per heavy atom. The van der Waals surface area contributed by atoms with E-state index in [1.807, 2.05) is 31.2 Å². The van der Waals surface area contributed by atoms with Crippen LogP contribution in [0.3, 0.4) is 0 Å². The van der Waals surface area contributed by atoms with Gasteiger partial charge in [-0.05, 0) is 42.8 Å². The summed E-state index contributed by atoms with van der Waals surface area (Å²) >= 11 is 6.07. The second kappa shape index (κ2) is 8.53. The van der Waals surface area contributed by atoms with E-state index in [2.05, 4.69) is 15.5 Å². The maximum atomic E-state index is 11.5. The molecule has 0 amide bonds. The molecule has 2 aromatic rings. The minimum absolute atomic E-state index is 0.0928. The van der Waals surface area contributed by atoms with E-state index in [-0.39, 0.29) is 22.6 Å². The lowest BCUT2D eigenvalue weighted by Gasteiger charge is -2.13. The fourth-order valence-electron chi connectivity index (χ4n) is 2.14. The third-order valence-electron chi connectivity index (χ3n) is 3.58. The maximum Gasteiger partial charge on any atom is 0.175 e. The molecule has 1 atom stereocenters. The van der Waals surface area contributed by atoms with Gasteiger partial charge < -0.3 is 10.4 Å². The van der Waals surface area contributed by atoms with Gasteiger partial charge in [0.05, 0.1) is 22.2 Å². The van der Waals surface area contributed by atoms with Crippen LogP contribution in [0.15, 0.2) is 57.6 Å². The van der Waals surface area contributed by atoms with Crippen LogP contribution in [0.1, 0.15) is 18.5 Å². The zero-order valence-corrected chi connectivity index (χ0v) is 15.5. The molecular formula is C17H20ClN3O3S. The van der Waals surface area contributed by atoms with Crippen molar-refractivity contribution in [2.75, 3.05) is 19.4 Å². The largest absolute Gasteiger partial charge is 0.395 e. The number of nitrogens with one attached hydrogen (secondary N) is 1. The molecule has 0 aromatic heterocycles. The Morgan fingerprint density at radius 3 is 2.40 bits per heavy atom. The van der Waals surface area contributed by atoms with E-state index in [4.69, 9.17) is 16.7 Å². The Hall–Kier alpha value is -1.80. The molecular weight excluding hydrogens is 362 g/mol. The predicted molar refractivity (Wildman–Crippen MR) is 98.7 cm³/mol. The predicted octanol–water partition coefficient (Wildman–Crippen LogP) is 3.80. The Morgan fingerprint density at radius 2 is 1.84 bits per heavy atom. The molecule has 0 saturated heterocycles. The van der Waals surface area contributed by atoms with Crippen molar-refractivity contribution in [2.45, 2.75) is 17.9 Å². The van der Waals surface area contributed by atoms with Crippen molar-refractivity contribution in [2.24, 2.45) is 10.2 Å². The van der Waals surface area contributed by atoms with Crippen molar-refractivity contribution in [3.63, 3.8) is 0 Å². The van der Waals surface area contributed by atoms with E-state index >= 15 is 0 Å². The van der Waals surface area contributed by atoms with Crippen molar-refractivity contribution >= 4 is 32.8 Å². The summed E-state index contributed by atoms with van der Waals surface area (Å²) in [6, 6.07) is 12.0. The van der Waals surface area contributed by atoms with E-state index in [1.54, 1.807) is 0 Å². The minimum Gasteiger partial charge on any atom is -0.395 e. The molecule has 0 aliphatic rings. The lowest BCUT2D eigenvalue weighted by Crippen LogP contribution is -2.21. The molecule has 2 rings (SSSR count). The van der Waals surface area contributed by atoms with Crippen LogP contribution in [0.5, 0.6) is 0 Å². The van der Waals surface area contributed by atoms with Crippen LogP contribution in [0, 0.1) is 0 Å². The second-order valence-electron chi connectivity index (χ2n) is 5.58. The lowest BCUT2D eigenvalue weighted by molar-refractivity contribution is 0.286. The lowest BCUT2D eigenvalue weighted by atomic mass is 10.1. The number of rotatable bonds is 7. The number of aliphatic hydroxyl groups is 1. The highest BCUT2D eigenvalue weighted by Crippen LogP contribution is 2.29. The van der Waals surface area contributed by atoms with Crippen LogP contribution in [0.2, 0.25) is 5.02 Å². The fraction of sp³-hybridized carbons (Fsp3) is 0.294. The Bertz CT molecular complexity index is 852. The highest BCUT2D eigenvalue weighted by atomic mass is 35.5. The first-order chi connectivity index (χ1) is 11.8. The maximum absolute atomic E-state index is 11.5. The normalized spacial score (nSPS) is 13.3. The van der Waals surface area contributed by atoms with Gasteiger partial charge in [0, 0.05) is 18.8 Å². The van der Waals surface area contributed by atoms with Gasteiger partial charge in [-0.1, -0.05) is 23.7 Å². The van der Waals surface area contributed by atoms with E-state index < -0.39 is 9.84 Å². The van der Waals surface area contributed by atoms with Gasteiger partial charge in [0.15, 0.2) is 9.84 Å². The molecule has 0 heterocycles. The summed E-state index contributed by atoms with van der Waals surface area (Å²) < 4.78 is 23.0. The molecule has 2 N–H and O–H groups in total. The quantitative estimate of drug-likeness (QED) is 0.713. The second-order valence-corrected chi connectivity index (χ2v) is 8.00. The number of nitrogens with zero attached hydrogens (tertiary/aromatic N) is 2. The molecule has 0 saturated carbocycles. The summed E-state index contributed by atoms with van der Waals surface area (Å²) in [6.45, 7) is 2.63. The minimum atomic E-state index is -3.31. The average molecular weight is 382 g/mol. The van der Waals surface area contributed by atoms with Gasteiger partial charge in [-0.3, -0.25) is 0 Å². The van der Waals surface area contributed by atoms with Gasteiger partial charge in [-0.25, -0.2) is 8.42 Å². The Balaban J connectivity index is 2.12. The summed E-state index contributed by atoms with van der Waals surface area (Å²) in [5.74, 6) is 0. The molecule has 0 aliphatic heterocycles. The molecule has 0 fully saturated rings. The molecule has 0 aliphatic carbocycles. The van der Waals surface area contributed by atoms with E-state index in [0.29, 0.717) is 17.9 Å². The van der Waals surface area contributed by atoms with Crippen LogP contribution in [0.25, 0.3) is 0 Å². The van der Waals surface area contributed by atoms with Gasteiger partial charge in [-0.15, -0.1) is 5.11 Å².